The van der Waals surface area contributed by atoms with Gasteiger partial charge in [-0.05, 0) is 6.42 Å². The van der Waals surface area contributed by atoms with Crippen LogP contribution < -0.4 is 11.3 Å². The molecule has 21 rings (SSSR count). The van der Waals surface area contributed by atoms with E-state index in [4.69, 9.17) is 71.1 Å². The van der Waals surface area contributed by atoms with E-state index in [2.05, 4.69) is 0 Å². The molecule has 24 N–H and O–H groups in total. The normalized spacial score (nSPS) is 51.0. The van der Waals surface area contributed by atoms with Gasteiger partial charge in [-0.25, -0.2) is 0 Å². The van der Waals surface area contributed by atoms with Crippen molar-refractivity contribution >= 4 is 11.9 Å². The largest absolute Gasteiger partial charge is 0.550 e. The molecule has 0 spiro atoms. The molecule has 35 atom stereocenters. The van der Waals surface area contributed by atoms with Gasteiger partial charge in [0.15, 0.2) is 44.0 Å². The predicted octanol–water partition coefficient (Wildman–Crippen LogP) is -15.8. The lowest BCUT2D eigenvalue weighted by atomic mass is 9.95. The van der Waals surface area contributed by atoms with E-state index >= 15 is 0 Å². The third kappa shape index (κ3) is 14.7. The molecule has 21 aliphatic rings. The number of hydrogen-bond donors (Lipinski definition) is 21. The number of carboxylic acids is 1. The van der Waals surface area contributed by atoms with Crippen LogP contribution in [0.15, 0.2) is 0 Å². The molecule has 21 aliphatic heterocycles. The number of carbonyl (C=O) groups is 2. The van der Waals surface area contributed by atoms with Crippen molar-refractivity contribution in [2.24, 2.45) is 0 Å². The van der Waals surface area contributed by atoms with Crippen molar-refractivity contribution in [3.63, 3.8) is 0 Å². The van der Waals surface area contributed by atoms with Crippen LogP contribution in [0.4, 0.5) is 0 Å². The summed E-state index contributed by atoms with van der Waals surface area (Å²) in [6.07, 6.45) is -74.4. The number of hydrogen-bond acceptors (Lipinski definition) is 38. The lowest BCUT2D eigenvalue weighted by Crippen LogP contribution is -2.68. The molecule has 0 aromatic heterocycles. The summed E-state index contributed by atoms with van der Waals surface area (Å²) >= 11 is 0. The molecule has 0 saturated carbocycles. The molecular formula is C46H77NO38. The Morgan fingerprint density at radius 2 is 0.459 bits per heavy atom. The second-order valence-electron chi connectivity index (χ2n) is 21.0. The Kier molecular flexibility index (Phi) is 24.8. The highest BCUT2D eigenvalue weighted by atomic mass is 16.8. The van der Waals surface area contributed by atoms with E-state index in [1.807, 2.05) is 0 Å². The lowest BCUT2D eigenvalue weighted by molar-refractivity contribution is -0.396. The van der Waals surface area contributed by atoms with Gasteiger partial charge in [-0.2, -0.15) is 0 Å². The topological polar surface area (TPSA) is 637 Å². The van der Waals surface area contributed by atoms with Gasteiger partial charge in [-0.1, -0.05) is 0 Å². The molecule has 0 radical (unpaired) electrons. The Morgan fingerprint density at radius 1 is 0.282 bits per heavy atom. The van der Waals surface area contributed by atoms with Crippen LogP contribution in [0.25, 0.3) is 0 Å². The first-order chi connectivity index (χ1) is 39.9. The minimum absolute atomic E-state index is 0. The van der Waals surface area contributed by atoms with Crippen molar-refractivity contribution < 1.29 is 188 Å². The Balaban J connectivity index is 0.0000104. The van der Waals surface area contributed by atoms with Gasteiger partial charge in [-0.15, -0.1) is 0 Å². The van der Waals surface area contributed by atoms with Crippen LogP contribution in [0.2, 0.25) is 0 Å². The number of carboxylic acid groups (broad SMARTS) is 1. The van der Waals surface area contributed by atoms with Crippen molar-refractivity contribution in [1.29, 1.82) is 0 Å². The molecule has 494 valence electrons. The predicted molar refractivity (Wildman–Crippen MR) is 253 cm³/mol. The molecule has 21 heterocycles. The van der Waals surface area contributed by atoms with Gasteiger partial charge in [0, 0.05) is 5.97 Å². The number of quaternary nitrogens is 1. The van der Waals surface area contributed by atoms with Crippen LogP contribution in [0.5, 0.6) is 0 Å². The fourth-order valence-electron chi connectivity index (χ4n) is 10.9. The van der Waals surface area contributed by atoms with E-state index in [0.717, 1.165) is 0 Å². The van der Waals surface area contributed by atoms with E-state index in [1.54, 1.807) is 0 Å². The molecule has 14 bridgehead atoms. The van der Waals surface area contributed by atoms with Crippen molar-refractivity contribution in [3.05, 3.63) is 0 Å². The number of ether oxygens (including phenoxy) is 15. The molecular weight excluding hydrogens is 1170 g/mol. The third-order valence-electron chi connectivity index (χ3n) is 15.5. The molecule has 39 heteroatoms. The van der Waals surface area contributed by atoms with E-state index in [9.17, 15) is 117 Å². The van der Waals surface area contributed by atoms with Crippen LogP contribution in [-0.4, -0.2) is 375 Å². The highest BCUT2D eigenvalue weighted by Crippen LogP contribution is 2.39. The number of aliphatic hydroxyl groups is 20. The summed E-state index contributed by atoms with van der Waals surface area (Å²) in [5.41, 5.74) is 0. The summed E-state index contributed by atoms with van der Waals surface area (Å²) < 4.78 is 85.1. The third-order valence-corrected chi connectivity index (χ3v) is 15.5. The molecule has 0 unspecified atom stereocenters. The maximum Gasteiger partial charge on any atom is 0.306 e. The first-order valence-electron chi connectivity index (χ1n) is 26.6. The first-order valence-corrected chi connectivity index (χ1v) is 26.6. The Hall–Kier alpha value is -2.46. The SMILES string of the molecule is O=C([O-])CCC(=O)OC[C@H]1O[C@@H]2O[C@H]3[C@H](O)[C@@H](O)[C@@H](O[C@H]4[C@H](O)[C@@H](O)[C@@H](O[C@H]5[C@H](O)[C@@H](O)[C@@H](O[C@H]6[C@H](O)[C@@H](O)[C@@H](O[C@H]7[C@H](O)[C@@H](O)[C@@H](O[C@H]8[C@H](O)[C@@H](O)[C@@H](O[C@H]1[C@H](O)[C@H]2O)O[C@@H]8CO)O[C@@H]7CO)O[C@@H]6CO)O[C@@H]5CO)O[C@@H]4CO)O[C@@H]3CO.[NH4+]. The summed E-state index contributed by atoms with van der Waals surface area (Å²) in [7, 11) is 0. The first kappa shape index (κ1) is 70.0. The van der Waals surface area contributed by atoms with Crippen LogP contribution in [0.1, 0.15) is 12.8 Å². The molecule has 0 aliphatic carbocycles. The molecule has 0 aromatic carbocycles. The number of rotatable bonds is 11. The summed E-state index contributed by atoms with van der Waals surface area (Å²) in [4.78, 5) is 23.7. The van der Waals surface area contributed by atoms with Gasteiger partial charge in [0.2, 0.25) is 0 Å². The minimum Gasteiger partial charge on any atom is -0.550 e. The molecule has 0 amide bonds. The van der Waals surface area contributed by atoms with Gasteiger partial charge >= 0.3 is 5.97 Å². The van der Waals surface area contributed by atoms with Crippen LogP contribution in [-0.2, 0) is 80.6 Å². The van der Waals surface area contributed by atoms with Gasteiger partial charge in [0.05, 0.1) is 46.1 Å². The average Bonchev–Trinajstić information content (AvgIpc) is 2.86. The second kappa shape index (κ2) is 30.1. The second-order valence-corrected chi connectivity index (χ2v) is 21.0. The molecule has 21 saturated heterocycles. The molecule has 85 heavy (non-hydrogen) atoms. The highest BCUT2D eigenvalue weighted by Gasteiger charge is 2.59. The fraction of sp³-hybridized carbons (Fsp3) is 0.957. The van der Waals surface area contributed by atoms with Crippen molar-refractivity contribution in [3.8, 4) is 0 Å². The number of aliphatic hydroxyl groups excluding tert-OH is 20. The summed E-state index contributed by atoms with van der Waals surface area (Å²) in [5, 5.41) is 233. The molecule has 0 aromatic rings. The number of esters is 1. The van der Waals surface area contributed by atoms with Gasteiger partial charge in [0.1, 0.15) is 178 Å². The van der Waals surface area contributed by atoms with E-state index in [-0.39, 0.29) is 6.15 Å². The fourth-order valence-corrected chi connectivity index (χ4v) is 10.9. The highest BCUT2D eigenvalue weighted by molar-refractivity contribution is 5.75. The van der Waals surface area contributed by atoms with Crippen molar-refractivity contribution in [1.82, 2.24) is 6.15 Å². The zero-order valence-electron chi connectivity index (χ0n) is 44.9. The van der Waals surface area contributed by atoms with Crippen molar-refractivity contribution in [2.75, 3.05) is 46.2 Å². The molecule has 21 fully saturated rings. The smallest absolute Gasteiger partial charge is 0.306 e. The zero-order valence-corrected chi connectivity index (χ0v) is 44.9. The maximum absolute atomic E-state index is 12.6. The quantitative estimate of drug-likeness (QED) is 0.0854. The van der Waals surface area contributed by atoms with E-state index in [1.165, 1.54) is 0 Å². The van der Waals surface area contributed by atoms with Crippen LogP contribution in [0.3, 0.4) is 0 Å². The number of carbonyl (C=O) groups excluding carboxylic acids is 2. The summed E-state index contributed by atoms with van der Waals surface area (Å²) in [6, 6.07) is 0. The monoisotopic (exact) mass is 1250 g/mol. The van der Waals surface area contributed by atoms with Gasteiger partial charge in [-0.3, -0.25) is 4.79 Å². The Bertz CT molecular complexity index is 2080. The minimum atomic E-state index is -2.33. The lowest BCUT2D eigenvalue weighted by Gasteiger charge is -2.50. The standard InChI is InChI=1S/C46H74O38.H3N/c47-3-10-33-20(57)27(64)41(72-10)80-35-12(5-49)74-43(29(66)22(35)59)82-37-14(7-51)76-45(31(68)24(37)61)84-39-16(9-70-18(55)2-1-17(53)54)77-46(32(69)25(39)62)83-38-15(8-52)75-44(30(67)23(38)60)81-36-13(6-50)73-42(28(65)21(36)58)79-34-11(4-48)71-40(78-33)26(63)19(34)56;/h10-16,19-52,56-69H,1-9H2,(H,53,54);1H3/t10-,11-,12-,13-,14-,15-,16-,19-,20-,21-,22-,23-,24-,25-,26-,27-,28-,29-,30-,31-,32-,33-,34-,35-,36-,37-,38-,39-,40-,41-,42-,43-,44-,45-,46-;/m1./s1. The Morgan fingerprint density at radius 3 is 0.635 bits per heavy atom. The average molecular weight is 1250 g/mol. The van der Waals surface area contributed by atoms with Gasteiger partial charge < -0.3 is 189 Å². The van der Waals surface area contributed by atoms with E-state index in [0.29, 0.717) is 0 Å². The van der Waals surface area contributed by atoms with Crippen LogP contribution in [0, 0.1) is 0 Å². The van der Waals surface area contributed by atoms with Crippen LogP contribution >= 0.6 is 0 Å². The van der Waals surface area contributed by atoms with Gasteiger partial charge in [0.25, 0.3) is 0 Å². The maximum atomic E-state index is 12.6. The summed E-state index contributed by atoms with van der Waals surface area (Å²) in [5.74, 6) is -2.85. The Labute approximate surface area is 479 Å². The molecule has 39 nitrogen and oxygen atoms in total. The zero-order chi connectivity index (χ0) is 61.3. The van der Waals surface area contributed by atoms with Crippen molar-refractivity contribution in [2.45, 2.75) is 228 Å². The number of aliphatic carboxylic acids is 1. The summed E-state index contributed by atoms with van der Waals surface area (Å²) in [6.45, 7) is -7.57. The van der Waals surface area contributed by atoms with E-state index < -0.39 is 286 Å².